The van der Waals surface area contributed by atoms with Gasteiger partial charge in [-0.05, 0) is 53.9 Å². The summed E-state index contributed by atoms with van der Waals surface area (Å²) < 4.78 is 116. The molecule has 0 saturated carbocycles. The third-order valence-corrected chi connectivity index (χ3v) is 5.74. The summed E-state index contributed by atoms with van der Waals surface area (Å²) in [5.74, 6) is -3.40. The highest BCUT2D eigenvalue weighted by molar-refractivity contribution is 6.64. The zero-order valence-corrected chi connectivity index (χ0v) is 22.7. The maximum Gasteiger partial charge on any atom is 0.573 e. The Morgan fingerprint density at radius 2 is 1.56 bits per heavy atom. The normalized spacial score (nSPS) is 15.6. The number of amides is 2. The monoisotopic (exact) mass is 649 g/mol. The van der Waals surface area contributed by atoms with E-state index >= 15 is 0 Å². The van der Waals surface area contributed by atoms with Crippen LogP contribution in [0.15, 0.2) is 47.6 Å². The van der Waals surface area contributed by atoms with Gasteiger partial charge in [0.15, 0.2) is 11.5 Å². The Morgan fingerprint density at radius 3 is 2.02 bits per heavy atom. The van der Waals surface area contributed by atoms with Gasteiger partial charge in [-0.3, -0.25) is 14.4 Å². The van der Waals surface area contributed by atoms with E-state index in [1.54, 1.807) is 5.32 Å². The van der Waals surface area contributed by atoms with Crippen LogP contribution in [0.5, 0.6) is 11.5 Å². The average molecular weight is 650 g/mol. The second kappa shape index (κ2) is 14.0. The summed E-state index contributed by atoms with van der Waals surface area (Å²) in [5.41, 5.74) is 1.35. The van der Waals surface area contributed by atoms with Gasteiger partial charge in [0.05, 0.1) is 19.4 Å². The van der Waals surface area contributed by atoms with Gasteiger partial charge in [-0.1, -0.05) is 19.1 Å². The summed E-state index contributed by atoms with van der Waals surface area (Å²) >= 11 is 3.99. The first-order valence-electron chi connectivity index (χ1n) is 11.8. The molecule has 236 valence electrons. The molecule has 0 saturated heterocycles. The number of carbonyl (C=O) groups is 3. The van der Waals surface area contributed by atoms with E-state index in [4.69, 9.17) is 9.53 Å². The number of benzene rings is 2. The summed E-state index contributed by atoms with van der Waals surface area (Å²) in [7, 11) is 1.19. The lowest BCUT2D eigenvalue weighted by atomic mass is 9.89. The summed E-state index contributed by atoms with van der Waals surface area (Å²) in [6, 6.07) is 9.23. The second-order valence-electron chi connectivity index (χ2n) is 8.58. The molecule has 1 heterocycles. The SMILES string of the molecule is CCC1CC(=O)N(Cc2ccc(NC(=O)C(F)(F)F)cc2)N=C1c1ccc(OC(F)(F)F)c(OC)c1.O=C(Cl)C(F)(F)F. The fourth-order valence-corrected chi connectivity index (χ4v) is 3.54. The number of anilines is 1. The number of hydrogen-bond acceptors (Lipinski definition) is 6. The Hall–Kier alpha value is -4.02. The van der Waals surface area contributed by atoms with Crippen LogP contribution in [-0.2, 0) is 20.9 Å². The quantitative estimate of drug-likeness (QED) is 0.270. The number of hydrogen-bond donors (Lipinski definition) is 1. The van der Waals surface area contributed by atoms with Crippen molar-refractivity contribution in [2.24, 2.45) is 11.0 Å². The standard InChI is InChI=1S/C23H21F6N3O4.C2ClF3O/c1-3-14-11-19(33)32(12-13-4-7-16(8-5-13)30-21(34)22(24,25)26)31-20(14)15-6-9-17(18(10-15)35-2)36-23(27,28)29;3-1(7)2(4,5)6/h4-10,14H,3,11-12H2,1-2H3,(H,30,34);. The molecule has 8 nitrogen and oxygen atoms in total. The Morgan fingerprint density at radius 1 is 0.977 bits per heavy atom. The van der Waals surface area contributed by atoms with Crippen molar-refractivity contribution in [3.63, 3.8) is 0 Å². The highest BCUT2D eigenvalue weighted by atomic mass is 35.5. The Bertz CT molecular complexity index is 1340. The summed E-state index contributed by atoms with van der Waals surface area (Å²) in [6.45, 7) is 1.83. The van der Waals surface area contributed by atoms with Crippen molar-refractivity contribution in [1.29, 1.82) is 0 Å². The molecule has 18 heteroatoms. The fraction of sp³-hybridized carbons (Fsp3) is 0.360. The number of carbonyl (C=O) groups excluding carboxylic acids is 3. The van der Waals surface area contributed by atoms with Gasteiger partial charge in [0, 0.05) is 23.6 Å². The van der Waals surface area contributed by atoms with E-state index in [0.29, 0.717) is 23.3 Å². The summed E-state index contributed by atoms with van der Waals surface area (Å²) in [6.07, 6.45) is -14.2. The molecule has 1 aliphatic heterocycles. The van der Waals surface area contributed by atoms with Crippen LogP contribution in [0.1, 0.15) is 30.9 Å². The lowest BCUT2D eigenvalue weighted by Gasteiger charge is -2.29. The topological polar surface area (TPSA) is 97.3 Å². The fourth-order valence-electron chi connectivity index (χ4n) is 3.54. The average Bonchev–Trinajstić information content (AvgIpc) is 2.89. The third kappa shape index (κ3) is 10.6. The van der Waals surface area contributed by atoms with Crippen molar-refractivity contribution in [1.82, 2.24) is 5.01 Å². The molecule has 0 fully saturated rings. The molecule has 2 aromatic rings. The number of alkyl halides is 9. The number of methoxy groups -OCH3 is 1. The number of halogens is 10. The molecule has 2 amide bonds. The molecule has 1 atom stereocenters. The predicted octanol–water partition coefficient (Wildman–Crippen LogP) is 6.57. The molecule has 43 heavy (non-hydrogen) atoms. The van der Waals surface area contributed by atoms with Gasteiger partial charge in [-0.25, -0.2) is 5.01 Å². The van der Waals surface area contributed by atoms with Crippen LogP contribution in [0, 0.1) is 5.92 Å². The largest absolute Gasteiger partial charge is 0.573 e. The van der Waals surface area contributed by atoms with Crippen LogP contribution < -0.4 is 14.8 Å². The molecule has 1 aliphatic rings. The van der Waals surface area contributed by atoms with Gasteiger partial charge in [0.2, 0.25) is 5.91 Å². The van der Waals surface area contributed by atoms with Gasteiger partial charge in [0.1, 0.15) is 0 Å². The lowest BCUT2D eigenvalue weighted by molar-refractivity contribution is -0.275. The van der Waals surface area contributed by atoms with Gasteiger partial charge >= 0.3 is 29.9 Å². The van der Waals surface area contributed by atoms with E-state index < -0.39 is 35.6 Å². The highest BCUT2D eigenvalue weighted by Crippen LogP contribution is 2.35. The number of rotatable bonds is 7. The molecule has 0 bridgehead atoms. The molecule has 0 aromatic heterocycles. The molecule has 0 aliphatic carbocycles. The Balaban J connectivity index is 0.000000821. The van der Waals surface area contributed by atoms with Crippen molar-refractivity contribution < 1.29 is 63.4 Å². The minimum absolute atomic E-state index is 0.0152. The number of hydrazone groups is 1. The first-order chi connectivity index (χ1) is 19.7. The summed E-state index contributed by atoms with van der Waals surface area (Å²) in [4.78, 5) is 32.8. The Labute approximate surface area is 242 Å². The highest BCUT2D eigenvalue weighted by Gasteiger charge is 2.39. The van der Waals surface area contributed by atoms with Gasteiger partial charge in [-0.15, -0.1) is 13.2 Å². The van der Waals surface area contributed by atoms with Crippen LogP contribution in [0.2, 0.25) is 0 Å². The zero-order chi connectivity index (χ0) is 32.8. The lowest BCUT2D eigenvalue weighted by Crippen LogP contribution is -2.36. The molecular formula is C25H21ClF9N3O5. The first-order valence-corrected chi connectivity index (χ1v) is 12.2. The van der Waals surface area contributed by atoms with Crippen molar-refractivity contribution in [2.75, 3.05) is 12.4 Å². The number of nitrogens with zero attached hydrogens (tertiary/aromatic N) is 2. The molecule has 0 radical (unpaired) electrons. The third-order valence-electron chi connectivity index (χ3n) is 5.53. The van der Waals surface area contributed by atoms with Gasteiger partial charge < -0.3 is 14.8 Å². The van der Waals surface area contributed by atoms with Crippen LogP contribution in [0.3, 0.4) is 0 Å². The molecular weight excluding hydrogens is 629 g/mol. The smallest absolute Gasteiger partial charge is 0.493 e. The van der Waals surface area contributed by atoms with E-state index in [2.05, 4.69) is 21.4 Å². The van der Waals surface area contributed by atoms with Crippen molar-refractivity contribution in [3.05, 3.63) is 53.6 Å². The molecule has 2 aromatic carbocycles. The molecule has 0 spiro atoms. The van der Waals surface area contributed by atoms with E-state index in [0.717, 1.165) is 6.07 Å². The number of ether oxygens (including phenoxy) is 2. The zero-order valence-electron chi connectivity index (χ0n) is 22.0. The van der Waals surface area contributed by atoms with Gasteiger partial charge in [-0.2, -0.15) is 31.4 Å². The predicted molar refractivity (Wildman–Crippen MR) is 133 cm³/mol. The van der Waals surface area contributed by atoms with E-state index in [-0.39, 0.29) is 36.2 Å². The van der Waals surface area contributed by atoms with Crippen LogP contribution in [-0.4, -0.2) is 53.6 Å². The Kier molecular flexibility index (Phi) is 11.4. The molecule has 1 unspecified atom stereocenters. The van der Waals surface area contributed by atoms with Crippen molar-refractivity contribution >= 4 is 40.1 Å². The molecule has 1 N–H and O–H groups in total. The molecule has 3 rings (SSSR count). The maximum atomic E-state index is 12.7. The van der Waals surface area contributed by atoms with E-state index in [1.807, 2.05) is 6.92 Å². The van der Waals surface area contributed by atoms with E-state index in [9.17, 15) is 49.1 Å². The van der Waals surface area contributed by atoms with Crippen molar-refractivity contribution in [2.45, 2.75) is 45.0 Å². The van der Waals surface area contributed by atoms with Gasteiger partial charge in [0.25, 0.3) is 0 Å². The number of nitrogens with one attached hydrogen (secondary N) is 1. The van der Waals surface area contributed by atoms with E-state index in [1.165, 1.54) is 48.5 Å². The van der Waals surface area contributed by atoms with Crippen LogP contribution in [0.25, 0.3) is 0 Å². The van der Waals surface area contributed by atoms with Crippen LogP contribution in [0.4, 0.5) is 45.2 Å². The first kappa shape index (κ1) is 35.2. The van der Waals surface area contributed by atoms with Crippen LogP contribution >= 0.6 is 11.6 Å². The summed E-state index contributed by atoms with van der Waals surface area (Å²) in [5, 5.41) is 5.05. The van der Waals surface area contributed by atoms with Crippen molar-refractivity contribution in [3.8, 4) is 11.5 Å². The second-order valence-corrected chi connectivity index (χ2v) is 8.92. The minimum atomic E-state index is -5.03. The maximum absolute atomic E-state index is 12.7. The minimum Gasteiger partial charge on any atom is -0.493 e.